The van der Waals surface area contributed by atoms with E-state index in [0.717, 1.165) is 27.3 Å². The monoisotopic (exact) mass is 391 g/mol. The lowest BCUT2D eigenvalue weighted by Gasteiger charge is -2.17. The zero-order valence-electron chi connectivity index (χ0n) is 14.7. The summed E-state index contributed by atoms with van der Waals surface area (Å²) < 4.78 is 0. The van der Waals surface area contributed by atoms with Crippen molar-refractivity contribution in [2.24, 2.45) is 0 Å². The van der Waals surface area contributed by atoms with Crippen LogP contribution in [0.2, 0.25) is 0 Å². The Morgan fingerprint density at radius 1 is 1.00 bits per heavy atom. The van der Waals surface area contributed by atoms with Crippen molar-refractivity contribution in [2.45, 2.75) is 17.7 Å². The third-order valence-corrected chi connectivity index (χ3v) is 5.84. The molecule has 6 heteroatoms. The highest BCUT2D eigenvalue weighted by Gasteiger charge is 2.17. The number of pyridine rings is 1. The summed E-state index contributed by atoms with van der Waals surface area (Å²) in [5.74, 6) is 0.661. The number of fused-ring (bicyclic) bond motifs is 1. The van der Waals surface area contributed by atoms with Gasteiger partial charge < -0.3 is 0 Å². The minimum absolute atomic E-state index is 0.0500. The number of amides is 1. The third kappa shape index (κ3) is 4.02. The van der Waals surface area contributed by atoms with Crippen molar-refractivity contribution in [1.82, 2.24) is 9.97 Å². The van der Waals surface area contributed by atoms with E-state index in [4.69, 9.17) is 0 Å². The fourth-order valence-corrected chi connectivity index (χ4v) is 4.51. The van der Waals surface area contributed by atoms with E-state index in [1.807, 2.05) is 60.0 Å². The first kappa shape index (κ1) is 17.7. The van der Waals surface area contributed by atoms with Gasteiger partial charge in [0.2, 0.25) is 5.91 Å². The fourth-order valence-electron chi connectivity index (χ4n) is 2.74. The lowest BCUT2D eigenvalue weighted by Crippen LogP contribution is -2.22. The molecule has 0 bridgehead atoms. The molecule has 0 aliphatic carbocycles. The standard InChI is InChI=1S/C21H17N3OS2/c1-15(25)24(18-8-3-2-4-9-18)21-22-17(14-27-21)13-26-20-12-11-16-7-5-6-10-19(16)23-20/h2-12,14H,13H2,1H3. The number of benzene rings is 2. The van der Waals surface area contributed by atoms with Crippen molar-refractivity contribution in [3.05, 3.63) is 77.8 Å². The first-order valence-electron chi connectivity index (χ1n) is 8.49. The molecule has 0 unspecified atom stereocenters. The Labute approximate surface area is 165 Å². The molecule has 2 aromatic carbocycles. The number of carbonyl (C=O) groups is 1. The Morgan fingerprint density at radius 3 is 2.59 bits per heavy atom. The molecule has 2 aromatic heterocycles. The molecule has 4 rings (SSSR count). The summed E-state index contributed by atoms with van der Waals surface area (Å²) >= 11 is 3.13. The molecule has 2 heterocycles. The highest BCUT2D eigenvalue weighted by molar-refractivity contribution is 7.98. The van der Waals surface area contributed by atoms with Crippen LogP contribution in [0.15, 0.2) is 77.1 Å². The summed E-state index contributed by atoms with van der Waals surface area (Å²) in [5, 5.41) is 4.80. The zero-order valence-corrected chi connectivity index (χ0v) is 16.3. The van der Waals surface area contributed by atoms with Crippen molar-refractivity contribution < 1.29 is 4.79 Å². The molecular formula is C21H17N3OS2. The average molecular weight is 392 g/mol. The Balaban J connectivity index is 1.50. The molecule has 4 nitrogen and oxygen atoms in total. The topological polar surface area (TPSA) is 46.1 Å². The Bertz CT molecular complexity index is 1080. The van der Waals surface area contributed by atoms with Crippen LogP contribution in [0.1, 0.15) is 12.6 Å². The SMILES string of the molecule is CC(=O)N(c1ccccc1)c1nc(CSc2ccc3ccccc3n2)cs1. The molecule has 0 N–H and O–H groups in total. The van der Waals surface area contributed by atoms with Crippen LogP contribution in [-0.4, -0.2) is 15.9 Å². The van der Waals surface area contributed by atoms with Crippen LogP contribution in [0.3, 0.4) is 0 Å². The molecule has 27 heavy (non-hydrogen) atoms. The number of nitrogens with zero attached hydrogens (tertiary/aromatic N) is 3. The second-order valence-electron chi connectivity index (χ2n) is 5.94. The van der Waals surface area contributed by atoms with Gasteiger partial charge in [-0.3, -0.25) is 9.69 Å². The maximum atomic E-state index is 12.1. The number of rotatable bonds is 5. The molecule has 0 atom stereocenters. The van der Waals surface area contributed by atoms with Gasteiger partial charge in [-0.1, -0.05) is 54.2 Å². The van der Waals surface area contributed by atoms with Gasteiger partial charge in [0.15, 0.2) is 5.13 Å². The van der Waals surface area contributed by atoms with Crippen LogP contribution in [0.5, 0.6) is 0 Å². The molecule has 1 amide bonds. The Hall–Kier alpha value is -2.70. The van der Waals surface area contributed by atoms with Gasteiger partial charge >= 0.3 is 0 Å². The van der Waals surface area contributed by atoms with E-state index in [0.29, 0.717) is 10.9 Å². The van der Waals surface area contributed by atoms with Crippen LogP contribution in [0, 0.1) is 0 Å². The Morgan fingerprint density at radius 2 is 1.78 bits per heavy atom. The number of hydrogen-bond donors (Lipinski definition) is 0. The molecule has 0 spiro atoms. The van der Waals surface area contributed by atoms with Crippen LogP contribution in [-0.2, 0) is 10.5 Å². The van der Waals surface area contributed by atoms with Crippen molar-refractivity contribution in [1.29, 1.82) is 0 Å². The number of anilines is 2. The molecule has 134 valence electrons. The van der Waals surface area contributed by atoms with Gasteiger partial charge in [-0.05, 0) is 24.3 Å². The first-order chi connectivity index (χ1) is 13.2. The van der Waals surface area contributed by atoms with Gasteiger partial charge in [-0.25, -0.2) is 9.97 Å². The summed E-state index contributed by atoms with van der Waals surface area (Å²) in [6, 6.07) is 21.8. The zero-order chi connectivity index (χ0) is 18.6. The summed E-state index contributed by atoms with van der Waals surface area (Å²) in [6.45, 7) is 1.56. The highest BCUT2D eigenvalue weighted by atomic mass is 32.2. The number of hydrogen-bond acceptors (Lipinski definition) is 5. The number of aromatic nitrogens is 2. The van der Waals surface area contributed by atoms with E-state index in [9.17, 15) is 4.79 Å². The molecule has 4 aromatic rings. The fraction of sp³-hybridized carbons (Fsp3) is 0.0952. The van der Waals surface area contributed by atoms with E-state index >= 15 is 0 Å². The van der Waals surface area contributed by atoms with Gasteiger partial charge in [-0.2, -0.15) is 0 Å². The number of thiazole rings is 1. The maximum absolute atomic E-state index is 12.1. The molecule has 0 radical (unpaired) electrons. The van der Waals surface area contributed by atoms with Crippen LogP contribution in [0.4, 0.5) is 10.8 Å². The molecule has 0 fully saturated rings. The number of para-hydroxylation sites is 2. The summed E-state index contributed by atoms with van der Waals surface area (Å²) in [5.41, 5.74) is 2.76. The summed E-state index contributed by atoms with van der Waals surface area (Å²) in [4.78, 5) is 23.1. The van der Waals surface area contributed by atoms with E-state index < -0.39 is 0 Å². The lowest BCUT2D eigenvalue weighted by atomic mass is 10.2. The van der Waals surface area contributed by atoms with Gasteiger partial charge in [0.25, 0.3) is 0 Å². The van der Waals surface area contributed by atoms with Gasteiger partial charge in [-0.15, -0.1) is 11.3 Å². The van der Waals surface area contributed by atoms with E-state index in [2.05, 4.69) is 22.1 Å². The van der Waals surface area contributed by atoms with Gasteiger partial charge in [0.05, 0.1) is 21.9 Å². The molecular weight excluding hydrogens is 374 g/mol. The van der Waals surface area contributed by atoms with Gasteiger partial charge in [0.1, 0.15) is 0 Å². The number of thioether (sulfide) groups is 1. The van der Waals surface area contributed by atoms with Crippen molar-refractivity contribution in [2.75, 3.05) is 4.90 Å². The molecule has 0 aliphatic rings. The summed E-state index contributed by atoms with van der Waals surface area (Å²) in [7, 11) is 0. The van der Waals surface area contributed by atoms with Crippen molar-refractivity contribution in [3.63, 3.8) is 0 Å². The highest BCUT2D eigenvalue weighted by Crippen LogP contribution is 2.31. The molecule has 0 aliphatic heterocycles. The van der Waals surface area contributed by atoms with E-state index in [1.54, 1.807) is 23.6 Å². The second-order valence-corrected chi connectivity index (χ2v) is 7.77. The smallest absolute Gasteiger partial charge is 0.230 e. The molecule has 0 saturated carbocycles. The average Bonchev–Trinajstić information content (AvgIpc) is 3.15. The normalized spacial score (nSPS) is 10.9. The van der Waals surface area contributed by atoms with Crippen LogP contribution >= 0.6 is 23.1 Å². The van der Waals surface area contributed by atoms with Crippen LogP contribution < -0.4 is 4.90 Å². The van der Waals surface area contributed by atoms with E-state index in [1.165, 1.54) is 11.3 Å². The third-order valence-electron chi connectivity index (χ3n) is 4.00. The lowest BCUT2D eigenvalue weighted by molar-refractivity contribution is -0.115. The largest absolute Gasteiger partial charge is 0.274 e. The predicted octanol–water partition coefficient (Wildman–Crippen LogP) is 5.67. The van der Waals surface area contributed by atoms with Gasteiger partial charge in [0, 0.05) is 23.4 Å². The minimum Gasteiger partial charge on any atom is -0.274 e. The maximum Gasteiger partial charge on any atom is 0.230 e. The predicted molar refractivity (Wildman–Crippen MR) is 113 cm³/mol. The minimum atomic E-state index is -0.0500. The quantitative estimate of drug-likeness (QED) is 0.411. The number of carbonyl (C=O) groups excluding carboxylic acids is 1. The van der Waals surface area contributed by atoms with E-state index in [-0.39, 0.29) is 5.91 Å². The first-order valence-corrected chi connectivity index (χ1v) is 10.4. The molecule has 0 saturated heterocycles. The Kier molecular flexibility index (Phi) is 5.18. The summed E-state index contributed by atoms with van der Waals surface area (Å²) in [6.07, 6.45) is 0. The van der Waals surface area contributed by atoms with Crippen LogP contribution in [0.25, 0.3) is 10.9 Å². The second kappa shape index (κ2) is 7.90. The van der Waals surface area contributed by atoms with Crippen molar-refractivity contribution in [3.8, 4) is 0 Å². The van der Waals surface area contributed by atoms with Crippen molar-refractivity contribution >= 4 is 50.7 Å².